The fourth-order valence-corrected chi connectivity index (χ4v) is 5.97. The van der Waals surface area contributed by atoms with Gasteiger partial charge in [-0.15, -0.1) is 0 Å². The van der Waals surface area contributed by atoms with Crippen molar-refractivity contribution in [1.29, 1.82) is 0 Å². The fourth-order valence-electron chi connectivity index (χ4n) is 5.97. The minimum atomic E-state index is -0.769. The second-order valence-corrected chi connectivity index (χ2v) is 11.3. The van der Waals surface area contributed by atoms with Gasteiger partial charge in [0.2, 0.25) is 0 Å². The Kier molecular flexibility index (Phi) is 10.9. The highest BCUT2D eigenvalue weighted by Gasteiger charge is 2.38. The van der Waals surface area contributed by atoms with Gasteiger partial charge in [-0.25, -0.2) is 0 Å². The molecule has 8 heteroatoms. The van der Waals surface area contributed by atoms with Gasteiger partial charge >= 0.3 is 11.9 Å². The number of Topliss-reactive ketones (excluding diaryl/α,β-unsaturated/α-hetero) is 2. The summed E-state index contributed by atoms with van der Waals surface area (Å²) >= 11 is 0. The summed E-state index contributed by atoms with van der Waals surface area (Å²) in [6.45, 7) is 11.0. The van der Waals surface area contributed by atoms with Gasteiger partial charge in [0, 0.05) is 46.0 Å². The Bertz CT molecular complexity index is 1430. The van der Waals surface area contributed by atoms with Crippen LogP contribution in [0.1, 0.15) is 64.5 Å². The van der Waals surface area contributed by atoms with Crippen molar-refractivity contribution in [3.05, 3.63) is 72.1 Å². The number of fused-ring (bicyclic) bond motifs is 2. The van der Waals surface area contributed by atoms with Crippen molar-refractivity contribution >= 4 is 45.3 Å². The van der Waals surface area contributed by atoms with Crippen molar-refractivity contribution in [3.8, 4) is 0 Å². The Morgan fingerprint density at radius 1 is 0.595 bits per heavy atom. The van der Waals surface area contributed by atoms with Crippen molar-refractivity contribution in [3.63, 3.8) is 0 Å². The molecule has 2 N–H and O–H groups in total. The number of carbonyl (C=O) groups excluding carboxylic acids is 4. The largest absolute Gasteiger partial charge is 0.468 e. The second-order valence-electron chi connectivity index (χ2n) is 11.3. The Hall–Kier alpha value is -4.20. The number of H-pyrrole nitrogens is 2. The van der Waals surface area contributed by atoms with Gasteiger partial charge in [-0.2, -0.15) is 0 Å². The zero-order valence-electron chi connectivity index (χ0n) is 25.7. The van der Waals surface area contributed by atoms with E-state index in [4.69, 9.17) is 9.47 Å². The molecule has 4 aromatic rings. The summed E-state index contributed by atoms with van der Waals surface area (Å²) in [4.78, 5) is 54.6. The second kappa shape index (κ2) is 14.1. The van der Waals surface area contributed by atoms with Gasteiger partial charge in [-0.1, -0.05) is 64.1 Å². The molecule has 0 amide bonds. The van der Waals surface area contributed by atoms with E-state index in [-0.39, 0.29) is 35.2 Å². The molecule has 0 bridgehead atoms. The Morgan fingerprint density at radius 3 is 1.21 bits per heavy atom. The van der Waals surface area contributed by atoms with Crippen LogP contribution in [0.3, 0.4) is 0 Å². The SMILES string of the molecule is COC(=O)[C@@H](C(C)=O)[C@H](c1c[nH]c2ccccc12)C(C)C.COC(=O)[C@H](C(C)=O)[C@@H](c1c[nH]c2ccccc12)C(C)C. The number of aromatic nitrogens is 2. The highest BCUT2D eigenvalue weighted by atomic mass is 16.5. The van der Waals surface area contributed by atoms with E-state index in [2.05, 4.69) is 9.97 Å². The third-order valence-corrected chi connectivity index (χ3v) is 7.90. The van der Waals surface area contributed by atoms with Gasteiger partial charge < -0.3 is 19.4 Å². The first kappa shape index (κ1) is 32.3. The van der Waals surface area contributed by atoms with Crippen LogP contribution in [0.25, 0.3) is 21.8 Å². The maximum Gasteiger partial charge on any atom is 0.316 e. The van der Waals surface area contributed by atoms with Crippen LogP contribution < -0.4 is 0 Å². The van der Waals surface area contributed by atoms with Crippen LogP contribution in [0, 0.1) is 23.7 Å². The summed E-state index contributed by atoms with van der Waals surface area (Å²) in [7, 11) is 2.65. The molecular weight excluding hydrogens is 532 g/mol. The van der Waals surface area contributed by atoms with E-state index in [1.807, 2.05) is 88.6 Å². The maximum atomic E-state index is 12.1. The summed E-state index contributed by atoms with van der Waals surface area (Å²) in [6, 6.07) is 15.8. The molecule has 0 aliphatic heterocycles. The van der Waals surface area contributed by atoms with Crippen molar-refractivity contribution in [2.24, 2.45) is 23.7 Å². The van der Waals surface area contributed by atoms with Crippen LogP contribution in [0.2, 0.25) is 0 Å². The van der Waals surface area contributed by atoms with Gasteiger partial charge in [0.25, 0.3) is 0 Å². The number of rotatable bonds is 10. The van der Waals surface area contributed by atoms with E-state index in [0.717, 1.165) is 32.9 Å². The first-order valence-electron chi connectivity index (χ1n) is 14.2. The zero-order valence-corrected chi connectivity index (χ0v) is 25.7. The first-order chi connectivity index (χ1) is 19.9. The van der Waals surface area contributed by atoms with Crippen LogP contribution in [-0.4, -0.2) is 47.7 Å². The first-order valence-corrected chi connectivity index (χ1v) is 14.2. The topological polar surface area (TPSA) is 118 Å². The average Bonchev–Trinajstić information content (AvgIpc) is 3.57. The zero-order chi connectivity index (χ0) is 31.1. The van der Waals surface area contributed by atoms with E-state index < -0.39 is 23.8 Å². The van der Waals surface area contributed by atoms with Crippen molar-refractivity contribution in [1.82, 2.24) is 9.97 Å². The Labute approximate surface area is 247 Å². The Balaban J connectivity index is 0.000000230. The van der Waals surface area contributed by atoms with Crippen LogP contribution in [0.15, 0.2) is 60.9 Å². The van der Waals surface area contributed by atoms with E-state index in [1.54, 1.807) is 0 Å². The van der Waals surface area contributed by atoms with Crippen molar-refractivity contribution in [2.45, 2.75) is 53.4 Å². The van der Waals surface area contributed by atoms with E-state index >= 15 is 0 Å². The number of esters is 2. The molecule has 224 valence electrons. The molecule has 0 radical (unpaired) electrons. The van der Waals surface area contributed by atoms with Crippen LogP contribution in [0.5, 0.6) is 0 Å². The lowest BCUT2D eigenvalue weighted by Crippen LogP contribution is -2.32. The lowest BCUT2D eigenvalue weighted by atomic mass is 9.76. The van der Waals surface area contributed by atoms with Crippen LogP contribution >= 0.6 is 0 Å². The summed E-state index contributed by atoms with van der Waals surface area (Å²) in [6.07, 6.45) is 3.79. The minimum absolute atomic E-state index is 0.136. The summed E-state index contributed by atoms with van der Waals surface area (Å²) in [5.74, 6) is -2.93. The number of aromatic amines is 2. The minimum Gasteiger partial charge on any atom is -0.468 e. The van der Waals surface area contributed by atoms with Crippen LogP contribution in [-0.2, 0) is 28.7 Å². The number of methoxy groups -OCH3 is 2. The van der Waals surface area contributed by atoms with Gasteiger partial charge in [-0.3, -0.25) is 19.2 Å². The lowest BCUT2D eigenvalue weighted by Gasteiger charge is -2.26. The molecule has 2 heterocycles. The van der Waals surface area contributed by atoms with Crippen molar-refractivity contribution < 1.29 is 28.7 Å². The van der Waals surface area contributed by atoms with E-state index in [9.17, 15) is 19.2 Å². The number of ether oxygens (including phenoxy) is 2. The summed E-state index contributed by atoms with van der Waals surface area (Å²) in [5, 5.41) is 2.10. The summed E-state index contributed by atoms with van der Waals surface area (Å²) in [5.41, 5.74) is 3.99. The molecule has 4 rings (SSSR count). The standard InChI is InChI=1S/2C17H21NO3/c2*1-10(2)15(16(11(3)19)17(20)21-4)13-9-18-14-8-6-5-7-12(13)14/h2*5-10,15-16,18H,1-4H3/t2*15-,16-/m10/s1. The third-order valence-electron chi connectivity index (χ3n) is 7.90. The molecule has 4 atom stereocenters. The lowest BCUT2D eigenvalue weighted by molar-refractivity contribution is -0.152. The van der Waals surface area contributed by atoms with Crippen LogP contribution in [0.4, 0.5) is 0 Å². The smallest absolute Gasteiger partial charge is 0.316 e. The molecule has 8 nitrogen and oxygen atoms in total. The molecular formula is C34H42N2O6. The van der Waals surface area contributed by atoms with Gasteiger partial charge in [0.15, 0.2) is 0 Å². The highest BCUT2D eigenvalue weighted by molar-refractivity contribution is 6.00. The number of para-hydroxylation sites is 2. The molecule has 0 aliphatic carbocycles. The molecule has 0 unspecified atom stereocenters. The molecule has 42 heavy (non-hydrogen) atoms. The summed E-state index contributed by atoms with van der Waals surface area (Å²) < 4.78 is 9.69. The molecule has 0 spiro atoms. The molecule has 0 fully saturated rings. The van der Waals surface area contributed by atoms with Gasteiger partial charge in [-0.05, 0) is 48.9 Å². The van der Waals surface area contributed by atoms with Gasteiger partial charge in [0.1, 0.15) is 23.4 Å². The molecule has 2 aromatic heterocycles. The number of hydrogen-bond donors (Lipinski definition) is 2. The van der Waals surface area contributed by atoms with Crippen molar-refractivity contribution in [2.75, 3.05) is 14.2 Å². The predicted octanol–water partition coefficient (Wildman–Crippen LogP) is 6.57. The number of nitrogens with one attached hydrogen (secondary N) is 2. The molecule has 0 saturated heterocycles. The average molecular weight is 575 g/mol. The maximum absolute atomic E-state index is 12.1. The number of ketones is 2. The number of hydrogen-bond acceptors (Lipinski definition) is 6. The molecule has 0 saturated carbocycles. The highest BCUT2D eigenvalue weighted by Crippen LogP contribution is 2.39. The fraction of sp³-hybridized carbons (Fsp3) is 0.412. The normalized spacial score (nSPS) is 14.1. The predicted molar refractivity (Wildman–Crippen MR) is 164 cm³/mol. The van der Waals surface area contributed by atoms with Gasteiger partial charge in [0.05, 0.1) is 14.2 Å². The van der Waals surface area contributed by atoms with E-state index in [0.29, 0.717) is 0 Å². The Morgan fingerprint density at radius 2 is 0.929 bits per heavy atom. The monoisotopic (exact) mass is 574 g/mol. The molecule has 0 aliphatic rings. The third kappa shape index (κ3) is 6.81. The van der Waals surface area contributed by atoms with E-state index in [1.165, 1.54) is 28.1 Å². The number of carbonyl (C=O) groups is 4. The molecule has 2 aromatic carbocycles. The quantitative estimate of drug-likeness (QED) is 0.163. The number of benzene rings is 2.